The van der Waals surface area contributed by atoms with E-state index in [1.807, 2.05) is 0 Å². The molecule has 4 rings (SSSR count). The van der Waals surface area contributed by atoms with Crippen LogP contribution < -0.4 is 5.32 Å². The van der Waals surface area contributed by atoms with Gasteiger partial charge in [0.2, 0.25) is 10.1 Å². The van der Waals surface area contributed by atoms with Gasteiger partial charge in [0, 0.05) is 12.1 Å². The van der Waals surface area contributed by atoms with Gasteiger partial charge in [0.15, 0.2) is 0 Å². The molecule has 1 aliphatic rings. The van der Waals surface area contributed by atoms with E-state index >= 15 is 0 Å². The van der Waals surface area contributed by atoms with Crippen LogP contribution in [0.4, 0.5) is 18.3 Å². The molecular formula is C15H13F3N4S. The monoisotopic (exact) mass is 338 g/mol. The molecule has 0 amide bonds. The molecule has 0 atom stereocenters. The van der Waals surface area contributed by atoms with Crippen LogP contribution in [0.3, 0.4) is 0 Å². The van der Waals surface area contributed by atoms with Gasteiger partial charge < -0.3 is 5.32 Å². The minimum absolute atomic E-state index is 0.435. The zero-order valence-corrected chi connectivity index (χ0v) is 12.8. The highest BCUT2D eigenvalue weighted by molar-refractivity contribution is 7.20. The molecule has 1 fully saturated rings. The van der Waals surface area contributed by atoms with Crippen LogP contribution in [0.15, 0.2) is 30.5 Å². The lowest BCUT2D eigenvalue weighted by Crippen LogP contribution is -2.04. The van der Waals surface area contributed by atoms with Crippen molar-refractivity contribution in [3.05, 3.63) is 36.0 Å². The standard InChI is InChI=1S/C15H13F3N4S/c16-15(17,18)11-3-1-2-10(6-11)12-8-22-14(20-12)23-13(21-22)19-7-9-4-5-9/h1-3,6,8-9H,4-5,7H2,(H,19,21). The van der Waals surface area contributed by atoms with E-state index in [4.69, 9.17) is 0 Å². The lowest BCUT2D eigenvalue weighted by atomic mass is 10.1. The number of nitrogens with zero attached hydrogens (tertiary/aromatic N) is 3. The van der Waals surface area contributed by atoms with Gasteiger partial charge in [-0.15, -0.1) is 5.10 Å². The van der Waals surface area contributed by atoms with Crippen LogP contribution >= 0.6 is 11.3 Å². The van der Waals surface area contributed by atoms with E-state index in [0.717, 1.165) is 29.7 Å². The van der Waals surface area contributed by atoms with Crippen molar-refractivity contribution in [2.45, 2.75) is 19.0 Å². The van der Waals surface area contributed by atoms with Crippen molar-refractivity contribution in [2.75, 3.05) is 11.9 Å². The SMILES string of the molecule is FC(F)(F)c1cccc(-c2cn3nc(NCC4CC4)sc3n2)c1. The van der Waals surface area contributed by atoms with Crippen molar-refractivity contribution >= 4 is 21.4 Å². The largest absolute Gasteiger partial charge is 0.416 e. The molecule has 0 radical (unpaired) electrons. The second kappa shape index (κ2) is 5.23. The highest BCUT2D eigenvalue weighted by atomic mass is 32.1. The van der Waals surface area contributed by atoms with E-state index in [2.05, 4.69) is 15.4 Å². The van der Waals surface area contributed by atoms with Crippen LogP contribution in [0.1, 0.15) is 18.4 Å². The summed E-state index contributed by atoms with van der Waals surface area (Å²) in [5.41, 5.74) is 0.250. The van der Waals surface area contributed by atoms with E-state index in [9.17, 15) is 13.2 Å². The van der Waals surface area contributed by atoms with Gasteiger partial charge in [-0.05, 0) is 30.9 Å². The first-order valence-electron chi connectivity index (χ1n) is 7.27. The molecule has 23 heavy (non-hydrogen) atoms. The summed E-state index contributed by atoms with van der Waals surface area (Å²) in [5.74, 6) is 0.742. The first-order chi connectivity index (χ1) is 11.0. The molecule has 8 heteroatoms. The minimum Gasteiger partial charge on any atom is -0.360 e. The number of anilines is 1. The van der Waals surface area contributed by atoms with E-state index in [1.54, 1.807) is 16.8 Å². The number of alkyl halides is 3. The summed E-state index contributed by atoms with van der Waals surface area (Å²) in [6.07, 6.45) is -0.181. The molecule has 1 aliphatic carbocycles. The number of imidazole rings is 1. The van der Waals surface area contributed by atoms with Gasteiger partial charge >= 0.3 is 6.18 Å². The summed E-state index contributed by atoms with van der Waals surface area (Å²) in [6, 6.07) is 5.17. The number of hydrogen-bond donors (Lipinski definition) is 1. The van der Waals surface area contributed by atoms with Gasteiger partial charge in [-0.2, -0.15) is 13.2 Å². The topological polar surface area (TPSA) is 42.2 Å². The normalized spacial score (nSPS) is 15.3. The number of fused-ring (bicyclic) bond motifs is 1. The Morgan fingerprint density at radius 3 is 2.83 bits per heavy atom. The van der Waals surface area contributed by atoms with Gasteiger partial charge in [-0.1, -0.05) is 23.5 Å². The van der Waals surface area contributed by atoms with Crippen molar-refractivity contribution in [1.82, 2.24) is 14.6 Å². The third-order valence-electron chi connectivity index (χ3n) is 3.77. The minimum atomic E-state index is -4.36. The quantitative estimate of drug-likeness (QED) is 0.771. The summed E-state index contributed by atoms with van der Waals surface area (Å²) in [4.78, 5) is 5.04. The third-order valence-corrected chi connectivity index (χ3v) is 4.65. The predicted octanol–water partition coefficient (Wildman–Crippen LogP) is 4.30. The molecular weight excluding hydrogens is 325 g/mol. The van der Waals surface area contributed by atoms with Crippen molar-refractivity contribution < 1.29 is 13.2 Å². The Kier molecular flexibility index (Phi) is 3.29. The van der Waals surface area contributed by atoms with E-state index < -0.39 is 11.7 Å². The molecule has 2 aromatic heterocycles. The van der Waals surface area contributed by atoms with Gasteiger partial charge in [0.05, 0.1) is 17.5 Å². The first-order valence-corrected chi connectivity index (χ1v) is 8.08. The zero-order valence-electron chi connectivity index (χ0n) is 12.0. The lowest BCUT2D eigenvalue weighted by molar-refractivity contribution is -0.137. The Labute approximate surface area is 134 Å². The van der Waals surface area contributed by atoms with Gasteiger partial charge in [0.1, 0.15) is 0 Å². The predicted molar refractivity (Wildman–Crippen MR) is 82.5 cm³/mol. The maximum absolute atomic E-state index is 12.8. The number of halogens is 3. The molecule has 0 saturated heterocycles. The molecule has 1 N–H and O–H groups in total. The summed E-state index contributed by atoms with van der Waals surface area (Å²) >= 11 is 1.40. The van der Waals surface area contributed by atoms with Crippen molar-refractivity contribution in [3.63, 3.8) is 0 Å². The summed E-state index contributed by atoms with van der Waals surface area (Å²) in [7, 11) is 0. The number of benzene rings is 1. The maximum Gasteiger partial charge on any atom is 0.416 e. The Balaban J connectivity index is 1.60. The van der Waals surface area contributed by atoms with E-state index in [-0.39, 0.29) is 0 Å². The van der Waals surface area contributed by atoms with Gasteiger partial charge in [-0.3, -0.25) is 0 Å². The Morgan fingerprint density at radius 2 is 2.13 bits per heavy atom. The highest BCUT2D eigenvalue weighted by Crippen LogP contribution is 2.33. The number of nitrogens with one attached hydrogen (secondary N) is 1. The number of hydrogen-bond acceptors (Lipinski definition) is 4. The van der Waals surface area contributed by atoms with Gasteiger partial charge in [-0.25, -0.2) is 9.50 Å². The molecule has 1 saturated carbocycles. The number of aromatic nitrogens is 3. The Bertz CT molecular complexity index is 816. The molecule has 0 bridgehead atoms. The molecule has 0 unspecified atom stereocenters. The van der Waals surface area contributed by atoms with Crippen LogP contribution in [-0.2, 0) is 6.18 Å². The summed E-state index contributed by atoms with van der Waals surface area (Å²) < 4.78 is 40.0. The molecule has 0 aliphatic heterocycles. The van der Waals surface area contributed by atoms with Crippen molar-refractivity contribution in [1.29, 1.82) is 0 Å². The maximum atomic E-state index is 12.8. The molecule has 0 spiro atoms. The van der Waals surface area contributed by atoms with Gasteiger partial charge in [0.25, 0.3) is 0 Å². The van der Waals surface area contributed by atoms with E-state index in [0.29, 0.717) is 16.2 Å². The van der Waals surface area contributed by atoms with Crippen LogP contribution in [0.5, 0.6) is 0 Å². The van der Waals surface area contributed by atoms with E-state index in [1.165, 1.54) is 30.2 Å². The fraction of sp³-hybridized carbons (Fsp3) is 0.333. The summed E-state index contributed by atoms with van der Waals surface area (Å²) in [6.45, 7) is 0.914. The Hall–Kier alpha value is -2.09. The second-order valence-electron chi connectivity index (χ2n) is 5.66. The number of rotatable bonds is 4. The molecule has 3 aromatic rings. The average Bonchev–Trinajstić information content (AvgIpc) is 3.13. The smallest absolute Gasteiger partial charge is 0.360 e. The second-order valence-corrected chi connectivity index (χ2v) is 6.62. The van der Waals surface area contributed by atoms with Crippen LogP contribution in [-0.4, -0.2) is 21.1 Å². The van der Waals surface area contributed by atoms with Crippen molar-refractivity contribution in [3.8, 4) is 11.3 Å². The van der Waals surface area contributed by atoms with Crippen LogP contribution in [0.2, 0.25) is 0 Å². The van der Waals surface area contributed by atoms with Crippen LogP contribution in [0, 0.1) is 5.92 Å². The Morgan fingerprint density at radius 1 is 1.30 bits per heavy atom. The fourth-order valence-electron chi connectivity index (χ4n) is 2.32. The third kappa shape index (κ3) is 3.03. The van der Waals surface area contributed by atoms with Crippen molar-refractivity contribution in [2.24, 2.45) is 5.92 Å². The molecule has 2 heterocycles. The fourth-order valence-corrected chi connectivity index (χ4v) is 3.11. The van der Waals surface area contributed by atoms with Crippen LogP contribution in [0.25, 0.3) is 16.2 Å². The zero-order chi connectivity index (χ0) is 16.0. The molecule has 4 nitrogen and oxygen atoms in total. The molecule has 1 aromatic carbocycles. The molecule has 120 valence electrons. The average molecular weight is 338 g/mol. The first kappa shape index (κ1) is 14.5. The highest BCUT2D eigenvalue weighted by Gasteiger charge is 2.30. The summed E-state index contributed by atoms with van der Waals surface area (Å²) in [5, 5.41) is 8.42. The lowest BCUT2D eigenvalue weighted by Gasteiger charge is -2.07.